The maximum atomic E-state index is 5.18. The van der Waals surface area contributed by atoms with Gasteiger partial charge in [-0.25, -0.2) is 0 Å². The molecule has 1 aliphatic rings. The highest BCUT2D eigenvalue weighted by Gasteiger charge is 2.28. The van der Waals surface area contributed by atoms with Gasteiger partial charge in [-0.05, 0) is 33.9 Å². The van der Waals surface area contributed by atoms with Gasteiger partial charge in [-0.15, -0.1) is 0 Å². The number of methoxy groups -OCH3 is 1. The number of rotatable bonds is 6. The van der Waals surface area contributed by atoms with Gasteiger partial charge in [0.2, 0.25) is 11.9 Å². The van der Waals surface area contributed by atoms with E-state index in [2.05, 4.69) is 44.2 Å². The molecule has 1 aromatic rings. The molecule has 1 unspecified atom stereocenters. The average molecular weight is 280 g/mol. The van der Waals surface area contributed by atoms with Crippen molar-refractivity contribution < 1.29 is 4.74 Å². The molecule has 112 valence electrons. The largest absolute Gasteiger partial charge is 0.467 e. The van der Waals surface area contributed by atoms with Crippen molar-refractivity contribution in [3.05, 3.63) is 0 Å². The van der Waals surface area contributed by atoms with Crippen LogP contribution in [0.25, 0.3) is 0 Å². The maximum absolute atomic E-state index is 5.18. The van der Waals surface area contributed by atoms with Crippen molar-refractivity contribution in [1.29, 1.82) is 0 Å². The van der Waals surface area contributed by atoms with E-state index in [0.717, 1.165) is 19.6 Å². The van der Waals surface area contributed by atoms with Crippen molar-refractivity contribution in [2.45, 2.75) is 25.8 Å². The summed E-state index contributed by atoms with van der Waals surface area (Å²) < 4.78 is 5.18. The molecule has 1 atom stereocenters. The topological polar surface area (TPSA) is 66.4 Å². The molecule has 7 heteroatoms. The smallest absolute Gasteiger partial charge is 0.322 e. The summed E-state index contributed by atoms with van der Waals surface area (Å²) in [6.45, 7) is 4.77. The van der Waals surface area contributed by atoms with Gasteiger partial charge in [0.1, 0.15) is 0 Å². The van der Waals surface area contributed by atoms with Gasteiger partial charge in [-0.2, -0.15) is 15.0 Å². The van der Waals surface area contributed by atoms with Crippen LogP contribution in [0.3, 0.4) is 0 Å². The summed E-state index contributed by atoms with van der Waals surface area (Å²) in [6.07, 6.45) is 2.34. The van der Waals surface area contributed by atoms with E-state index in [1.54, 1.807) is 7.11 Å². The summed E-state index contributed by atoms with van der Waals surface area (Å²) in [7, 11) is 5.76. The van der Waals surface area contributed by atoms with Gasteiger partial charge in [0, 0.05) is 25.7 Å². The van der Waals surface area contributed by atoms with E-state index in [9.17, 15) is 0 Å². The number of nitrogens with one attached hydrogen (secondary N) is 1. The fourth-order valence-electron chi connectivity index (χ4n) is 2.51. The van der Waals surface area contributed by atoms with Gasteiger partial charge in [0.15, 0.2) is 0 Å². The summed E-state index contributed by atoms with van der Waals surface area (Å²) in [4.78, 5) is 17.6. The third kappa shape index (κ3) is 3.47. The average Bonchev–Trinajstić information content (AvgIpc) is 2.86. The van der Waals surface area contributed by atoms with E-state index in [0.29, 0.717) is 23.9 Å². The first kappa shape index (κ1) is 14.8. The Labute approximate surface area is 120 Å². The molecule has 1 aromatic heterocycles. The molecule has 2 heterocycles. The van der Waals surface area contributed by atoms with Gasteiger partial charge in [-0.1, -0.05) is 0 Å². The van der Waals surface area contributed by atoms with Crippen LogP contribution >= 0.6 is 0 Å². The molecule has 0 amide bonds. The minimum atomic E-state index is 0.362. The van der Waals surface area contributed by atoms with E-state index in [1.807, 2.05) is 6.92 Å². The lowest BCUT2D eigenvalue weighted by Crippen LogP contribution is -2.38. The molecule has 0 saturated carbocycles. The van der Waals surface area contributed by atoms with Crippen LogP contribution in [-0.4, -0.2) is 66.7 Å². The third-order valence-corrected chi connectivity index (χ3v) is 3.33. The van der Waals surface area contributed by atoms with Gasteiger partial charge >= 0.3 is 6.01 Å². The Kier molecular flexibility index (Phi) is 4.94. The molecule has 0 aliphatic carbocycles. The number of hydrogen-bond acceptors (Lipinski definition) is 7. The summed E-state index contributed by atoms with van der Waals surface area (Å²) in [5.74, 6) is 1.28. The van der Waals surface area contributed by atoms with Crippen LogP contribution in [-0.2, 0) is 0 Å². The molecule has 0 radical (unpaired) electrons. The first-order chi connectivity index (χ1) is 9.63. The Bertz CT molecular complexity index is 439. The number of hydrogen-bond donors (Lipinski definition) is 1. The second-order valence-electron chi connectivity index (χ2n) is 5.23. The molecule has 1 fully saturated rings. The normalized spacial score (nSPS) is 18.6. The molecule has 1 aliphatic heterocycles. The predicted molar refractivity (Wildman–Crippen MR) is 79.5 cm³/mol. The second kappa shape index (κ2) is 6.69. The molecular weight excluding hydrogens is 256 g/mol. The predicted octanol–water partition coefficient (Wildman–Crippen LogP) is 0.842. The zero-order valence-corrected chi connectivity index (χ0v) is 12.8. The molecule has 0 bridgehead atoms. The van der Waals surface area contributed by atoms with E-state index in [4.69, 9.17) is 4.74 Å². The van der Waals surface area contributed by atoms with E-state index in [-0.39, 0.29) is 0 Å². The van der Waals surface area contributed by atoms with Gasteiger partial charge in [0.25, 0.3) is 0 Å². The number of anilines is 2. The van der Waals surface area contributed by atoms with Gasteiger partial charge < -0.3 is 19.9 Å². The van der Waals surface area contributed by atoms with Crippen LogP contribution in [0.4, 0.5) is 11.9 Å². The summed E-state index contributed by atoms with van der Waals surface area (Å²) >= 11 is 0. The minimum Gasteiger partial charge on any atom is -0.467 e. The lowest BCUT2D eigenvalue weighted by Gasteiger charge is -2.27. The number of ether oxygens (including phenoxy) is 1. The maximum Gasteiger partial charge on any atom is 0.322 e. The van der Waals surface area contributed by atoms with Crippen molar-refractivity contribution in [3.63, 3.8) is 0 Å². The van der Waals surface area contributed by atoms with Crippen molar-refractivity contribution in [3.8, 4) is 6.01 Å². The van der Waals surface area contributed by atoms with E-state index in [1.165, 1.54) is 12.8 Å². The molecule has 7 nitrogen and oxygen atoms in total. The highest BCUT2D eigenvalue weighted by molar-refractivity contribution is 5.40. The van der Waals surface area contributed by atoms with Crippen LogP contribution in [0.15, 0.2) is 0 Å². The van der Waals surface area contributed by atoms with Crippen molar-refractivity contribution in [1.82, 2.24) is 19.9 Å². The van der Waals surface area contributed by atoms with E-state index < -0.39 is 0 Å². The molecule has 2 rings (SSSR count). The first-order valence-electron chi connectivity index (χ1n) is 7.09. The quantitative estimate of drug-likeness (QED) is 0.828. The summed E-state index contributed by atoms with van der Waals surface area (Å²) in [5, 5.41) is 3.12. The monoisotopic (exact) mass is 280 g/mol. The lowest BCUT2D eigenvalue weighted by molar-refractivity contribution is 0.366. The summed E-state index contributed by atoms with van der Waals surface area (Å²) in [5.41, 5.74) is 0. The second-order valence-corrected chi connectivity index (χ2v) is 5.23. The van der Waals surface area contributed by atoms with E-state index >= 15 is 0 Å². The standard InChI is InChI=1S/C13H24N6O/c1-5-14-11-15-12(17-13(16-11)20-4)19-8-6-7-10(19)9-18(2)3/h10H,5-9H2,1-4H3,(H,14,15,16,17). The molecule has 20 heavy (non-hydrogen) atoms. The fraction of sp³-hybridized carbons (Fsp3) is 0.769. The molecule has 0 aromatic carbocycles. The van der Waals surface area contributed by atoms with Crippen LogP contribution < -0.4 is 15.0 Å². The first-order valence-corrected chi connectivity index (χ1v) is 7.09. The van der Waals surface area contributed by atoms with Crippen LogP contribution in [0.5, 0.6) is 6.01 Å². The highest BCUT2D eigenvalue weighted by atomic mass is 16.5. The van der Waals surface area contributed by atoms with Crippen molar-refractivity contribution >= 4 is 11.9 Å². The van der Waals surface area contributed by atoms with Gasteiger partial charge in [0.05, 0.1) is 7.11 Å². The fourth-order valence-corrected chi connectivity index (χ4v) is 2.51. The zero-order chi connectivity index (χ0) is 14.5. The Morgan fingerprint density at radius 1 is 1.35 bits per heavy atom. The van der Waals surface area contributed by atoms with Crippen LogP contribution in [0, 0.1) is 0 Å². The molecule has 1 saturated heterocycles. The van der Waals surface area contributed by atoms with Crippen molar-refractivity contribution in [2.24, 2.45) is 0 Å². The minimum absolute atomic E-state index is 0.362. The molecule has 0 spiro atoms. The SMILES string of the molecule is CCNc1nc(OC)nc(N2CCCC2CN(C)C)n1. The molecular formula is C13H24N6O. The zero-order valence-electron chi connectivity index (χ0n) is 12.8. The van der Waals surface area contributed by atoms with Crippen LogP contribution in [0.1, 0.15) is 19.8 Å². The molecule has 1 N–H and O–H groups in total. The Morgan fingerprint density at radius 2 is 2.15 bits per heavy atom. The Hall–Kier alpha value is -1.63. The Morgan fingerprint density at radius 3 is 2.80 bits per heavy atom. The number of nitrogens with zero attached hydrogens (tertiary/aromatic N) is 5. The number of likely N-dealkylation sites (N-methyl/N-ethyl adjacent to an activating group) is 1. The van der Waals surface area contributed by atoms with Crippen LogP contribution in [0.2, 0.25) is 0 Å². The highest BCUT2D eigenvalue weighted by Crippen LogP contribution is 2.24. The lowest BCUT2D eigenvalue weighted by atomic mass is 10.2. The third-order valence-electron chi connectivity index (χ3n) is 3.33. The van der Waals surface area contributed by atoms with Gasteiger partial charge in [-0.3, -0.25) is 0 Å². The number of aromatic nitrogens is 3. The van der Waals surface area contributed by atoms with Crippen molar-refractivity contribution in [2.75, 3.05) is 51.1 Å². The Balaban J connectivity index is 2.23. The summed E-state index contributed by atoms with van der Waals surface area (Å²) in [6, 6.07) is 0.813.